The third-order valence-electron chi connectivity index (χ3n) is 5.02. The summed E-state index contributed by atoms with van der Waals surface area (Å²) in [6.07, 6.45) is 5.39. The summed E-state index contributed by atoms with van der Waals surface area (Å²) in [4.78, 5) is 0. The molecule has 0 radical (unpaired) electrons. The molecule has 1 heteroatoms. The fraction of sp³-hybridized carbons (Fsp3) is 0.368. The number of aliphatic hydroxyl groups excluding tert-OH is 1. The number of hydrogen-bond donors (Lipinski definition) is 1. The quantitative estimate of drug-likeness (QED) is 0.695. The summed E-state index contributed by atoms with van der Waals surface area (Å²) < 4.78 is 0. The molecule has 20 heavy (non-hydrogen) atoms. The van der Waals surface area contributed by atoms with Gasteiger partial charge in [-0.3, -0.25) is 0 Å². The molecule has 2 aromatic carbocycles. The molecule has 0 aromatic heterocycles. The first-order valence-electron chi connectivity index (χ1n) is 7.73. The van der Waals surface area contributed by atoms with Crippen molar-refractivity contribution in [2.75, 3.05) is 0 Å². The van der Waals surface area contributed by atoms with E-state index in [1.54, 1.807) is 0 Å². The zero-order valence-corrected chi connectivity index (χ0v) is 11.7. The Morgan fingerprint density at radius 1 is 0.850 bits per heavy atom. The lowest BCUT2D eigenvalue weighted by Gasteiger charge is -2.29. The second kappa shape index (κ2) is 4.75. The van der Waals surface area contributed by atoms with E-state index in [-0.39, 0.29) is 6.10 Å². The fourth-order valence-corrected chi connectivity index (χ4v) is 4.00. The van der Waals surface area contributed by atoms with Crippen LogP contribution in [0.15, 0.2) is 42.5 Å². The highest BCUT2D eigenvalue weighted by Crippen LogP contribution is 2.43. The summed E-state index contributed by atoms with van der Waals surface area (Å²) in [5.74, 6) is 0.341. The average molecular weight is 264 g/mol. The highest BCUT2D eigenvalue weighted by molar-refractivity contribution is 5.78. The van der Waals surface area contributed by atoms with Gasteiger partial charge >= 0.3 is 0 Å². The molecule has 2 aromatic rings. The third-order valence-corrected chi connectivity index (χ3v) is 5.02. The molecule has 0 bridgehead atoms. The highest BCUT2D eigenvalue weighted by atomic mass is 16.3. The minimum atomic E-state index is -0.154. The molecule has 0 spiro atoms. The summed E-state index contributed by atoms with van der Waals surface area (Å²) in [7, 11) is 0. The normalized spacial score (nSPS) is 24.2. The molecule has 4 rings (SSSR count). The fourth-order valence-electron chi connectivity index (χ4n) is 4.00. The van der Waals surface area contributed by atoms with Crippen LogP contribution in [-0.4, -0.2) is 11.2 Å². The van der Waals surface area contributed by atoms with Crippen molar-refractivity contribution in [1.29, 1.82) is 0 Å². The monoisotopic (exact) mass is 264 g/mol. The molecule has 1 nitrogen and oxygen atoms in total. The molecule has 2 aliphatic carbocycles. The Labute approximate surface area is 120 Å². The van der Waals surface area contributed by atoms with Gasteiger partial charge in [0.15, 0.2) is 0 Å². The smallest absolute Gasteiger partial charge is 0.0608 e. The minimum Gasteiger partial charge on any atom is -0.392 e. The first kappa shape index (κ1) is 12.2. The number of benzene rings is 2. The zero-order chi connectivity index (χ0) is 13.5. The Bertz CT molecular complexity index is 644. The third kappa shape index (κ3) is 1.81. The standard InChI is InChI=1S/C19H20O/c20-19-11-4-3-8-17(19)16-10-5-9-15-14-7-2-1-6-13(14)12-18(15)16/h1-2,5-7,9-10,17,19-20H,3-4,8,11-12H2. The molecule has 1 fully saturated rings. The summed E-state index contributed by atoms with van der Waals surface area (Å²) in [6, 6.07) is 15.3. The second-order valence-corrected chi connectivity index (χ2v) is 6.17. The molecule has 2 aliphatic rings. The summed E-state index contributed by atoms with van der Waals surface area (Å²) >= 11 is 0. The van der Waals surface area contributed by atoms with Crippen molar-refractivity contribution < 1.29 is 5.11 Å². The second-order valence-electron chi connectivity index (χ2n) is 6.17. The number of fused-ring (bicyclic) bond motifs is 3. The van der Waals surface area contributed by atoms with Crippen LogP contribution in [0.5, 0.6) is 0 Å². The van der Waals surface area contributed by atoms with Crippen LogP contribution in [0.25, 0.3) is 11.1 Å². The van der Waals surface area contributed by atoms with E-state index < -0.39 is 0 Å². The predicted octanol–water partition coefficient (Wildman–Crippen LogP) is 4.28. The molecule has 102 valence electrons. The number of rotatable bonds is 1. The maximum atomic E-state index is 10.4. The van der Waals surface area contributed by atoms with E-state index in [4.69, 9.17) is 0 Å². The van der Waals surface area contributed by atoms with Crippen LogP contribution in [0.3, 0.4) is 0 Å². The summed E-state index contributed by atoms with van der Waals surface area (Å²) in [5, 5.41) is 10.4. The van der Waals surface area contributed by atoms with Crippen LogP contribution in [-0.2, 0) is 6.42 Å². The first-order chi connectivity index (χ1) is 9.84. The van der Waals surface area contributed by atoms with Crippen molar-refractivity contribution in [3.05, 3.63) is 59.2 Å². The summed E-state index contributed by atoms with van der Waals surface area (Å²) in [5.41, 5.74) is 7.05. The molecule has 1 N–H and O–H groups in total. The van der Waals surface area contributed by atoms with Crippen LogP contribution in [0.4, 0.5) is 0 Å². The lowest BCUT2D eigenvalue weighted by molar-refractivity contribution is 0.106. The van der Waals surface area contributed by atoms with Crippen molar-refractivity contribution in [3.63, 3.8) is 0 Å². The highest BCUT2D eigenvalue weighted by Gasteiger charge is 2.29. The number of aliphatic hydroxyl groups is 1. The van der Waals surface area contributed by atoms with E-state index in [0.29, 0.717) is 5.92 Å². The lowest BCUT2D eigenvalue weighted by Crippen LogP contribution is -2.23. The van der Waals surface area contributed by atoms with Gasteiger partial charge in [0.2, 0.25) is 0 Å². The van der Waals surface area contributed by atoms with Crippen LogP contribution in [0, 0.1) is 0 Å². The zero-order valence-electron chi connectivity index (χ0n) is 11.7. The van der Waals surface area contributed by atoms with Crippen molar-refractivity contribution in [2.45, 2.75) is 44.1 Å². The Morgan fingerprint density at radius 2 is 1.65 bits per heavy atom. The van der Waals surface area contributed by atoms with E-state index in [0.717, 1.165) is 19.3 Å². The van der Waals surface area contributed by atoms with Crippen LogP contribution in [0.1, 0.15) is 48.3 Å². The molecule has 0 aliphatic heterocycles. The maximum Gasteiger partial charge on any atom is 0.0608 e. The molecule has 0 heterocycles. The van der Waals surface area contributed by atoms with Crippen LogP contribution >= 0.6 is 0 Å². The van der Waals surface area contributed by atoms with Gasteiger partial charge in [0, 0.05) is 5.92 Å². The molecule has 2 unspecified atom stereocenters. The van der Waals surface area contributed by atoms with Gasteiger partial charge in [-0.25, -0.2) is 0 Å². The topological polar surface area (TPSA) is 20.2 Å². The molecular weight excluding hydrogens is 244 g/mol. The van der Waals surface area contributed by atoms with Crippen molar-refractivity contribution in [1.82, 2.24) is 0 Å². The van der Waals surface area contributed by atoms with Gasteiger partial charge in [0.1, 0.15) is 0 Å². The largest absolute Gasteiger partial charge is 0.392 e. The van der Waals surface area contributed by atoms with Crippen molar-refractivity contribution in [3.8, 4) is 11.1 Å². The van der Waals surface area contributed by atoms with Gasteiger partial charge in [-0.2, -0.15) is 0 Å². The summed E-state index contributed by atoms with van der Waals surface area (Å²) in [6.45, 7) is 0. The Kier molecular flexibility index (Phi) is 2.89. The van der Waals surface area contributed by atoms with Crippen molar-refractivity contribution in [2.24, 2.45) is 0 Å². The van der Waals surface area contributed by atoms with E-state index in [1.165, 1.54) is 40.7 Å². The predicted molar refractivity (Wildman–Crippen MR) is 81.9 cm³/mol. The first-order valence-corrected chi connectivity index (χ1v) is 7.73. The van der Waals surface area contributed by atoms with E-state index in [1.807, 2.05) is 0 Å². The van der Waals surface area contributed by atoms with Gasteiger partial charge in [0.05, 0.1) is 6.10 Å². The van der Waals surface area contributed by atoms with Gasteiger partial charge in [0.25, 0.3) is 0 Å². The van der Waals surface area contributed by atoms with Gasteiger partial charge in [-0.1, -0.05) is 55.3 Å². The van der Waals surface area contributed by atoms with E-state index in [2.05, 4.69) is 42.5 Å². The Balaban J connectivity index is 1.81. The van der Waals surface area contributed by atoms with Gasteiger partial charge in [-0.05, 0) is 47.1 Å². The Morgan fingerprint density at radius 3 is 2.55 bits per heavy atom. The SMILES string of the molecule is OC1CCCCC1c1cccc2c1Cc1ccccc1-2. The Hall–Kier alpha value is -1.60. The molecule has 1 saturated carbocycles. The van der Waals surface area contributed by atoms with Gasteiger partial charge in [-0.15, -0.1) is 0 Å². The van der Waals surface area contributed by atoms with Crippen LogP contribution < -0.4 is 0 Å². The lowest BCUT2D eigenvalue weighted by atomic mass is 9.79. The molecule has 0 amide bonds. The van der Waals surface area contributed by atoms with E-state index >= 15 is 0 Å². The van der Waals surface area contributed by atoms with Crippen LogP contribution in [0.2, 0.25) is 0 Å². The maximum absolute atomic E-state index is 10.4. The molecular formula is C19H20O. The minimum absolute atomic E-state index is 0.154. The number of hydrogen-bond acceptors (Lipinski definition) is 1. The molecule has 2 atom stereocenters. The van der Waals surface area contributed by atoms with Gasteiger partial charge < -0.3 is 5.11 Å². The van der Waals surface area contributed by atoms with Crippen molar-refractivity contribution >= 4 is 0 Å². The average Bonchev–Trinajstić information content (AvgIpc) is 2.86. The van der Waals surface area contributed by atoms with E-state index in [9.17, 15) is 5.11 Å². The molecule has 0 saturated heterocycles.